The first kappa shape index (κ1) is 18.1. The lowest BCUT2D eigenvalue weighted by atomic mass is 9.96. The maximum absolute atomic E-state index is 12.8. The Hall–Kier alpha value is -2.90. The summed E-state index contributed by atoms with van der Waals surface area (Å²) in [7, 11) is 0. The van der Waals surface area contributed by atoms with Crippen molar-refractivity contribution < 1.29 is 4.79 Å². The van der Waals surface area contributed by atoms with Crippen LogP contribution in [-0.4, -0.2) is 61.7 Å². The van der Waals surface area contributed by atoms with Crippen LogP contribution >= 0.6 is 0 Å². The second kappa shape index (κ2) is 7.50. The number of amides is 1. The number of fused-ring (bicyclic) bond motifs is 1. The summed E-state index contributed by atoms with van der Waals surface area (Å²) < 4.78 is 1.87. The maximum Gasteiger partial charge on any atom is 0.227 e. The zero-order valence-corrected chi connectivity index (χ0v) is 16.8. The van der Waals surface area contributed by atoms with Gasteiger partial charge in [0.15, 0.2) is 5.65 Å². The third-order valence-electron chi connectivity index (χ3n) is 6.18. The van der Waals surface area contributed by atoms with Crippen LogP contribution in [0.2, 0.25) is 0 Å². The molecule has 1 amide bonds. The van der Waals surface area contributed by atoms with Gasteiger partial charge in [0, 0.05) is 38.6 Å². The Morgan fingerprint density at radius 3 is 2.83 bits per heavy atom. The first-order chi connectivity index (χ1) is 14.2. The normalized spacial score (nSPS) is 21.1. The van der Waals surface area contributed by atoms with Crippen LogP contribution in [0.4, 0.5) is 5.82 Å². The van der Waals surface area contributed by atoms with E-state index in [9.17, 15) is 4.79 Å². The third-order valence-corrected chi connectivity index (χ3v) is 6.18. The van der Waals surface area contributed by atoms with Crippen molar-refractivity contribution in [2.45, 2.75) is 38.6 Å². The number of imidazole rings is 1. The fourth-order valence-electron chi connectivity index (χ4n) is 4.49. The summed E-state index contributed by atoms with van der Waals surface area (Å²) in [6, 6.07) is 5.96. The van der Waals surface area contributed by atoms with Gasteiger partial charge in [-0.05, 0) is 50.8 Å². The average Bonchev–Trinajstić information content (AvgIpc) is 3.53. The molecule has 0 radical (unpaired) electrons. The zero-order valence-electron chi connectivity index (χ0n) is 16.8. The predicted molar refractivity (Wildman–Crippen MR) is 111 cm³/mol. The molecular formula is C21H27N7O. The van der Waals surface area contributed by atoms with Gasteiger partial charge in [-0.2, -0.15) is 5.10 Å². The molecular weight excluding hydrogens is 366 g/mol. The molecule has 0 aliphatic carbocycles. The molecule has 2 saturated heterocycles. The first-order valence-electron chi connectivity index (χ1n) is 10.6. The van der Waals surface area contributed by atoms with Crippen LogP contribution in [0.15, 0.2) is 30.6 Å². The van der Waals surface area contributed by atoms with Gasteiger partial charge in [-0.25, -0.2) is 9.97 Å². The van der Waals surface area contributed by atoms with Crippen molar-refractivity contribution in [3.63, 3.8) is 0 Å². The summed E-state index contributed by atoms with van der Waals surface area (Å²) in [6.45, 7) is 5.59. The van der Waals surface area contributed by atoms with E-state index in [2.05, 4.69) is 21.9 Å². The first-order valence-corrected chi connectivity index (χ1v) is 10.6. The quantitative estimate of drug-likeness (QED) is 0.737. The number of aromatic amines is 1. The van der Waals surface area contributed by atoms with Crippen molar-refractivity contribution in [2.24, 2.45) is 5.92 Å². The zero-order chi connectivity index (χ0) is 19.8. The minimum Gasteiger partial charge on any atom is -0.356 e. The van der Waals surface area contributed by atoms with Gasteiger partial charge >= 0.3 is 0 Å². The molecule has 3 aromatic heterocycles. The summed E-state index contributed by atoms with van der Waals surface area (Å²) in [5, 5.41) is 4.30. The molecule has 152 valence electrons. The van der Waals surface area contributed by atoms with Crippen LogP contribution in [0.25, 0.3) is 11.2 Å². The highest BCUT2D eigenvalue weighted by molar-refractivity contribution is 5.80. The van der Waals surface area contributed by atoms with E-state index in [-0.39, 0.29) is 12.0 Å². The van der Waals surface area contributed by atoms with E-state index in [0.29, 0.717) is 5.91 Å². The summed E-state index contributed by atoms with van der Waals surface area (Å²) >= 11 is 0. The number of H-pyrrole nitrogens is 1. The molecule has 0 saturated carbocycles. The van der Waals surface area contributed by atoms with E-state index in [1.165, 1.54) is 0 Å². The SMILES string of the molecule is C[C@H](c1nc2ccc(N3CCCC(C(=O)N4CCCC4)C3)nc2[nH]1)n1cccn1. The summed E-state index contributed by atoms with van der Waals surface area (Å²) in [5.74, 6) is 2.16. The highest BCUT2D eigenvalue weighted by Gasteiger charge is 2.31. The lowest BCUT2D eigenvalue weighted by Crippen LogP contribution is -2.44. The highest BCUT2D eigenvalue weighted by Crippen LogP contribution is 2.26. The van der Waals surface area contributed by atoms with E-state index in [4.69, 9.17) is 9.97 Å². The van der Waals surface area contributed by atoms with Gasteiger partial charge in [-0.1, -0.05) is 0 Å². The van der Waals surface area contributed by atoms with Crippen molar-refractivity contribution in [3.05, 3.63) is 36.4 Å². The lowest BCUT2D eigenvalue weighted by Gasteiger charge is -2.34. The number of piperidine rings is 1. The fourth-order valence-corrected chi connectivity index (χ4v) is 4.49. The van der Waals surface area contributed by atoms with Crippen molar-refractivity contribution in [2.75, 3.05) is 31.1 Å². The highest BCUT2D eigenvalue weighted by atomic mass is 16.2. The smallest absolute Gasteiger partial charge is 0.227 e. The van der Waals surface area contributed by atoms with Crippen molar-refractivity contribution in [1.82, 2.24) is 29.6 Å². The topological polar surface area (TPSA) is 82.9 Å². The largest absolute Gasteiger partial charge is 0.356 e. The molecule has 1 N–H and O–H groups in total. The van der Waals surface area contributed by atoms with E-state index < -0.39 is 0 Å². The predicted octanol–water partition coefficient (Wildman–Crippen LogP) is 2.60. The molecule has 2 aliphatic heterocycles. The minimum atomic E-state index is 0.0140. The molecule has 5 heterocycles. The summed E-state index contributed by atoms with van der Waals surface area (Å²) in [6.07, 6.45) is 7.98. The van der Waals surface area contributed by atoms with Crippen LogP contribution in [0, 0.1) is 5.92 Å². The molecule has 0 bridgehead atoms. The molecule has 29 heavy (non-hydrogen) atoms. The number of hydrogen-bond acceptors (Lipinski definition) is 5. The molecule has 5 rings (SSSR count). The van der Waals surface area contributed by atoms with Crippen LogP contribution in [-0.2, 0) is 4.79 Å². The fraction of sp³-hybridized carbons (Fsp3) is 0.524. The van der Waals surface area contributed by atoms with Gasteiger partial charge in [-0.15, -0.1) is 0 Å². The standard InChI is InChI=1S/C21H27N7O/c1-15(28-13-5-9-22-28)19-23-17-7-8-18(24-20(17)25-19)27-12-4-6-16(14-27)21(29)26-10-2-3-11-26/h5,7-9,13,15-16H,2-4,6,10-12,14H2,1H3,(H,23,24,25)/t15-,16?/m1/s1. The number of nitrogens with one attached hydrogen (secondary N) is 1. The van der Waals surface area contributed by atoms with E-state index in [1.807, 2.05) is 34.0 Å². The molecule has 2 aliphatic rings. The number of aromatic nitrogens is 5. The third kappa shape index (κ3) is 3.47. The summed E-state index contributed by atoms with van der Waals surface area (Å²) in [5.41, 5.74) is 1.63. The molecule has 3 aromatic rings. The molecule has 0 spiro atoms. The Balaban J connectivity index is 1.35. The maximum atomic E-state index is 12.8. The van der Waals surface area contributed by atoms with Crippen molar-refractivity contribution in [1.29, 1.82) is 0 Å². The van der Waals surface area contributed by atoms with Gasteiger partial charge in [0.25, 0.3) is 0 Å². The van der Waals surface area contributed by atoms with Crippen molar-refractivity contribution in [3.8, 4) is 0 Å². The van der Waals surface area contributed by atoms with Gasteiger partial charge < -0.3 is 14.8 Å². The number of anilines is 1. The molecule has 8 nitrogen and oxygen atoms in total. The molecule has 2 fully saturated rings. The Bertz CT molecular complexity index is 990. The minimum absolute atomic E-state index is 0.0140. The van der Waals surface area contributed by atoms with E-state index in [0.717, 1.165) is 74.7 Å². The Morgan fingerprint density at radius 2 is 2.03 bits per heavy atom. The lowest BCUT2D eigenvalue weighted by molar-refractivity contribution is -0.134. The Morgan fingerprint density at radius 1 is 1.17 bits per heavy atom. The number of rotatable bonds is 4. The van der Waals surface area contributed by atoms with E-state index in [1.54, 1.807) is 6.20 Å². The molecule has 8 heteroatoms. The monoisotopic (exact) mass is 393 g/mol. The van der Waals surface area contributed by atoms with Gasteiger partial charge in [-0.3, -0.25) is 9.48 Å². The Kier molecular flexibility index (Phi) is 4.69. The van der Waals surface area contributed by atoms with Crippen LogP contribution in [0.3, 0.4) is 0 Å². The number of carbonyl (C=O) groups is 1. The van der Waals surface area contributed by atoms with Crippen LogP contribution < -0.4 is 4.90 Å². The number of carbonyl (C=O) groups excluding carboxylic acids is 1. The second-order valence-electron chi connectivity index (χ2n) is 8.14. The van der Waals surface area contributed by atoms with E-state index >= 15 is 0 Å². The Labute approximate surface area is 169 Å². The number of likely N-dealkylation sites (tertiary alicyclic amines) is 1. The molecule has 0 aromatic carbocycles. The van der Waals surface area contributed by atoms with Gasteiger partial charge in [0.2, 0.25) is 5.91 Å². The second-order valence-corrected chi connectivity index (χ2v) is 8.14. The molecule has 2 atom stereocenters. The number of pyridine rings is 1. The van der Waals surface area contributed by atoms with Gasteiger partial charge in [0.05, 0.1) is 5.92 Å². The van der Waals surface area contributed by atoms with Gasteiger partial charge in [0.1, 0.15) is 23.2 Å². The van der Waals surface area contributed by atoms with Crippen LogP contribution in [0.1, 0.15) is 44.5 Å². The van der Waals surface area contributed by atoms with Crippen LogP contribution in [0.5, 0.6) is 0 Å². The number of nitrogens with zero attached hydrogens (tertiary/aromatic N) is 6. The summed E-state index contributed by atoms with van der Waals surface area (Å²) in [4.78, 5) is 30.0. The molecule has 1 unspecified atom stereocenters. The number of hydrogen-bond donors (Lipinski definition) is 1. The van der Waals surface area contributed by atoms with Crippen molar-refractivity contribution >= 4 is 22.9 Å². The average molecular weight is 393 g/mol.